The van der Waals surface area contributed by atoms with Gasteiger partial charge in [0.25, 0.3) is 0 Å². The van der Waals surface area contributed by atoms with Crippen molar-refractivity contribution in [3.05, 3.63) is 57.1 Å². The number of imidazole rings is 1. The summed E-state index contributed by atoms with van der Waals surface area (Å²) in [6.07, 6.45) is 3.43. The first kappa shape index (κ1) is 20.4. The molecule has 154 valence electrons. The minimum atomic E-state index is 0.401. The summed E-state index contributed by atoms with van der Waals surface area (Å²) in [5.74, 6) is 0.883. The molecule has 0 aromatic carbocycles. The zero-order valence-corrected chi connectivity index (χ0v) is 18.7. The van der Waals surface area contributed by atoms with Crippen LogP contribution in [0.2, 0.25) is 0 Å². The van der Waals surface area contributed by atoms with Crippen molar-refractivity contribution in [3.63, 3.8) is 0 Å². The van der Waals surface area contributed by atoms with E-state index in [1.165, 1.54) is 0 Å². The summed E-state index contributed by atoms with van der Waals surface area (Å²) in [7, 11) is 1.54. The molecule has 0 amide bonds. The van der Waals surface area contributed by atoms with E-state index in [9.17, 15) is 10.5 Å². The van der Waals surface area contributed by atoms with E-state index in [2.05, 4.69) is 31.7 Å². The third-order valence-electron chi connectivity index (χ3n) is 5.39. The Hall–Kier alpha value is -3.88. The summed E-state index contributed by atoms with van der Waals surface area (Å²) < 4.78 is 7.36. The molecule has 4 heterocycles. The van der Waals surface area contributed by atoms with Gasteiger partial charge in [0.15, 0.2) is 0 Å². The van der Waals surface area contributed by atoms with Crippen LogP contribution in [0.5, 0.6) is 5.88 Å². The number of allylic oxidation sites excluding steroid dienone is 1. The van der Waals surface area contributed by atoms with E-state index < -0.39 is 0 Å². The number of hydrogen-bond acceptors (Lipinski definition) is 6. The number of nitriles is 2. The SMILES string of the molecule is COc1nccc2nc(C(C#N)=Cc3cc(C)n(-c4sc(C)c(C)c4C#N)c3C)[nH]c12. The molecule has 0 radical (unpaired) electrons. The Bertz CT molecular complexity index is 1440. The second-order valence-corrected chi connectivity index (χ2v) is 8.41. The van der Waals surface area contributed by atoms with E-state index in [1.54, 1.807) is 30.7 Å². The third kappa shape index (κ3) is 3.27. The first-order valence-corrected chi connectivity index (χ1v) is 10.4. The maximum absolute atomic E-state index is 9.83. The van der Waals surface area contributed by atoms with Crippen molar-refractivity contribution in [2.24, 2.45) is 0 Å². The first-order chi connectivity index (χ1) is 14.9. The zero-order valence-electron chi connectivity index (χ0n) is 17.9. The average molecular weight is 429 g/mol. The second-order valence-electron chi connectivity index (χ2n) is 7.21. The molecule has 7 nitrogen and oxygen atoms in total. The molecule has 4 rings (SSSR count). The molecule has 0 saturated heterocycles. The lowest BCUT2D eigenvalue weighted by atomic mass is 10.1. The quantitative estimate of drug-likeness (QED) is 0.461. The minimum Gasteiger partial charge on any atom is -0.479 e. The number of pyridine rings is 1. The van der Waals surface area contributed by atoms with Crippen molar-refractivity contribution in [1.29, 1.82) is 10.5 Å². The second kappa shape index (κ2) is 7.75. The van der Waals surface area contributed by atoms with Gasteiger partial charge in [-0.1, -0.05) is 0 Å². The summed E-state index contributed by atoms with van der Waals surface area (Å²) >= 11 is 1.60. The molecular formula is C23H20N6OS. The Morgan fingerprint density at radius 1 is 1.26 bits per heavy atom. The van der Waals surface area contributed by atoms with Crippen LogP contribution in [0.4, 0.5) is 0 Å². The van der Waals surface area contributed by atoms with Crippen molar-refractivity contribution in [2.75, 3.05) is 7.11 Å². The molecule has 0 spiro atoms. The predicted octanol–water partition coefficient (Wildman–Crippen LogP) is 4.99. The Morgan fingerprint density at radius 3 is 2.71 bits per heavy atom. The number of fused-ring (bicyclic) bond motifs is 1. The Morgan fingerprint density at radius 2 is 2.03 bits per heavy atom. The maximum atomic E-state index is 9.83. The van der Waals surface area contributed by atoms with Crippen molar-refractivity contribution in [3.8, 4) is 23.0 Å². The number of aromatic nitrogens is 4. The van der Waals surface area contributed by atoms with Crippen LogP contribution >= 0.6 is 11.3 Å². The highest BCUT2D eigenvalue weighted by Crippen LogP contribution is 2.34. The molecule has 0 fully saturated rings. The van der Waals surface area contributed by atoms with Gasteiger partial charge in [0.2, 0.25) is 5.88 Å². The molecule has 8 heteroatoms. The lowest BCUT2D eigenvalue weighted by Gasteiger charge is -2.07. The van der Waals surface area contributed by atoms with Gasteiger partial charge in [-0.2, -0.15) is 10.5 Å². The topological polar surface area (TPSA) is 103 Å². The van der Waals surface area contributed by atoms with Crippen LogP contribution in [-0.2, 0) is 0 Å². The lowest BCUT2D eigenvalue weighted by Crippen LogP contribution is -1.99. The molecule has 4 aromatic heterocycles. The Labute approximate surface area is 183 Å². The number of H-pyrrole nitrogens is 1. The van der Waals surface area contributed by atoms with Gasteiger partial charge >= 0.3 is 0 Å². The summed E-state index contributed by atoms with van der Waals surface area (Å²) in [6, 6.07) is 8.37. The van der Waals surface area contributed by atoms with Crippen LogP contribution in [0.25, 0.3) is 27.7 Å². The number of rotatable bonds is 4. The number of ether oxygens (including phenoxy) is 1. The number of methoxy groups -OCH3 is 1. The fourth-order valence-electron chi connectivity index (χ4n) is 3.65. The molecular weight excluding hydrogens is 408 g/mol. The number of hydrogen-bond donors (Lipinski definition) is 1. The molecule has 31 heavy (non-hydrogen) atoms. The van der Waals surface area contributed by atoms with Crippen LogP contribution < -0.4 is 4.74 Å². The molecule has 4 aromatic rings. The predicted molar refractivity (Wildman–Crippen MR) is 121 cm³/mol. The molecule has 0 aliphatic heterocycles. The smallest absolute Gasteiger partial charge is 0.239 e. The van der Waals surface area contributed by atoms with E-state index in [0.717, 1.165) is 32.4 Å². The Balaban J connectivity index is 1.84. The highest BCUT2D eigenvalue weighted by atomic mass is 32.1. The first-order valence-electron chi connectivity index (χ1n) is 9.59. The van der Waals surface area contributed by atoms with Crippen LogP contribution in [0, 0.1) is 50.4 Å². The van der Waals surface area contributed by atoms with Gasteiger partial charge in [0, 0.05) is 22.5 Å². The highest BCUT2D eigenvalue weighted by Gasteiger charge is 2.19. The van der Waals surface area contributed by atoms with Gasteiger partial charge in [-0.3, -0.25) is 0 Å². The number of nitrogens with one attached hydrogen (secondary N) is 1. The number of aryl methyl sites for hydroxylation is 2. The van der Waals surface area contributed by atoms with Crippen LogP contribution in [0.3, 0.4) is 0 Å². The van der Waals surface area contributed by atoms with Crippen LogP contribution in [0.15, 0.2) is 18.3 Å². The van der Waals surface area contributed by atoms with Crippen molar-refractivity contribution >= 4 is 34.0 Å². The van der Waals surface area contributed by atoms with E-state index in [-0.39, 0.29) is 0 Å². The van der Waals surface area contributed by atoms with Gasteiger partial charge in [-0.05, 0) is 57.0 Å². The number of nitrogens with zero attached hydrogens (tertiary/aromatic N) is 5. The maximum Gasteiger partial charge on any atom is 0.239 e. The monoisotopic (exact) mass is 428 g/mol. The third-order valence-corrected chi connectivity index (χ3v) is 6.58. The van der Waals surface area contributed by atoms with Crippen molar-refractivity contribution < 1.29 is 4.74 Å². The summed E-state index contributed by atoms with van der Waals surface area (Å²) in [5, 5.41) is 20.4. The fraction of sp³-hybridized carbons (Fsp3) is 0.217. The molecule has 0 bridgehead atoms. The fourth-order valence-corrected chi connectivity index (χ4v) is 4.86. The average Bonchev–Trinajstić information content (AvgIpc) is 3.39. The minimum absolute atomic E-state index is 0.401. The van der Waals surface area contributed by atoms with E-state index in [0.29, 0.717) is 33.9 Å². The summed E-state index contributed by atoms with van der Waals surface area (Å²) in [6.45, 7) is 7.99. The highest BCUT2D eigenvalue weighted by molar-refractivity contribution is 7.14. The zero-order chi connectivity index (χ0) is 22.3. The van der Waals surface area contributed by atoms with Gasteiger partial charge in [0.1, 0.15) is 28.5 Å². The van der Waals surface area contributed by atoms with Crippen LogP contribution in [-0.4, -0.2) is 26.6 Å². The van der Waals surface area contributed by atoms with E-state index in [1.807, 2.05) is 39.8 Å². The molecule has 0 unspecified atom stereocenters. The normalized spacial score (nSPS) is 11.5. The summed E-state index contributed by atoms with van der Waals surface area (Å²) in [4.78, 5) is 13.0. The van der Waals surface area contributed by atoms with Gasteiger partial charge in [0.05, 0.1) is 23.8 Å². The van der Waals surface area contributed by atoms with Crippen molar-refractivity contribution in [1.82, 2.24) is 19.5 Å². The number of thiophene rings is 1. The molecule has 0 aliphatic rings. The molecule has 0 saturated carbocycles. The van der Waals surface area contributed by atoms with E-state index >= 15 is 0 Å². The van der Waals surface area contributed by atoms with Gasteiger partial charge < -0.3 is 14.3 Å². The standard InChI is InChI=1S/C23H20N6OS/c1-12-8-16(14(3)29(12)23-18(11-25)13(2)15(4)31-23)9-17(10-24)21-27-19-6-7-26-22(30-5)20(19)28-21/h6-9H,1-5H3,(H,27,28). The van der Waals surface area contributed by atoms with Gasteiger partial charge in [-0.15, -0.1) is 11.3 Å². The van der Waals surface area contributed by atoms with Gasteiger partial charge in [-0.25, -0.2) is 9.97 Å². The lowest BCUT2D eigenvalue weighted by molar-refractivity contribution is 0.402. The number of aromatic amines is 1. The molecule has 1 N–H and O–H groups in total. The van der Waals surface area contributed by atoms with Crippen molar-refractivity contribution in [2.45, 2.75) is 27.7 Å². The molecule has 0 aliphatic carbocycles. The van der Waals surface area contributed by atoms with E-state index in [4.69, 9.17) is 4.74 Å². The Kier molecular flexibility index (Phi) is 5.10. The molecule has 0 atom stereocenters. The largest absolute Gasteiger partial charge is 0.479 e. The summed E-state index contributed by atoms with van der Waals surface area (Å²) in [5.41, 5.74) is 6.27. The van der Waals surface area contributed by atoms with Crippen LogP contribution in [0.1, 0.15) is 38.8 Å².